The molecule has 0 N–H and O–H groups in total. The number of benzene rings is 2. The second-order valence-corrected chi connectivity index (χ2v) is 5.72. The zero-order chi connectivity index (χ0) is 19.3. The number of nitrogens with zero attached hydrogens (tertiary/aromatic N) is 1. The number of carbonyl (C=O) groups excluding carboxylic acids is 2. The Bertz CT molecular complexity index is 865. The van der Waals surface area contributed by atoms with Crippen LogP contribution in [0.4, 0.5) is 5.69 Å². The summed E-state index contributed by atoms with van der Waals surface area (Å²) in [5, 5.41) is 10.6. The number of hydrogen-bond donors (Lipinski definition) is 0. The molecule has 0 atom stereocenters. The van der Waals surface area contributed by atoms with E-state index in [0.29, 0.717) is 23.5 Å². The Hall–Kier alpha value is -2.93. The van der Waals surface area contributed by atoms with Gasteiger partial charge in [0.05, 0.1) is 22.1 Å². The lowest BCUT2D eigenvalue weighted by molar-refractivity contribution is -0.384. The Morgan fingerprint density at radius 2 is 1.92 bits per heavy atom. The molecule has 0 aliphatic heterocycles. The maximum absolute atomic E-state index is 12.2. The van der Waals surface area contributed by atoms with Crippen LogP contribution >= 0.6 is 11.6 Å². The van der Waals surface area contributed by atoms with Crippen molar-refractivity contribution in [2.45, 2.75) is 20.5 Å². The van der Waals surface area contributed by atoms with Crippen molar-refractivity contribution >= 4 is 29.0 Å². The molecular formula is C18H16ClNO6. The highest BCUT2D eigenvalue weighted by Gasteiger charge is 2.17. The molecule has 0 aliphatic carbocycles. The van der Waals surface area contributed by atoms with Gasteiger partial charge < -0.3 is 9.47 Å². The number of halogens is 1. The molecule has 0 aliphatic rings. The third-order valence-corrected chi connectivity index (χ3v) is 3.82. The van der Waals surface area contributed by atoms with E-state index in [2.05, 4.69) is 0 Å². The van der Waals surface area contributed by atoms with Crippen LogP contribution in [0.1, 0.15) is 40.1 Å². The van der Waals surface area contributed by atoms with Gasteiger partial charge in [0.1, 0.15) is 12.4 Å². The third-order valence-electron chi connectivity index (χ3n) is 3.51. The number of hydrogen-bond acceptors (Lipinski definition) is 6. The molecule has 0 spiro atoms. The fourth-order valence-corrected chi connectivity index (χ4v) is 2.46. The fraction of sp³-hybridized carbons (Fsp3) is 0.222. The number of non-ortho nitro benzene ring substituents is 1. The van der Waals surface area contributed by atoms with Crippen LogP contribution in [-0.4, -0.2) is 23.3 Å². The van der Waals surface area contributed by atoms with Gasteiger partial charge in [0.15, 0.2) is 5.78 Å². The van der Waals surface area contributed by atoms with Crippen molar-refractivity contribution in [3.63, 3.8) is 0 Å². The van der Waals surface area contributed by atoms with Gasteiger partial charge in [-0.1, -0.05) is 11.6 Å². The normalized spacial score (nSPS) is 10.3. The first kappa shape index (κ1) is 19.4. The van der Waals surface area contributed by atoms with Crippen LogP contribution < -0.4 is 4.74 Å². The minimum absolute atomic E-state index is 0.0120. The standard InChI is InChI=1S/C18H16ClNO6/c1-3-25-17-7-4-12(11(2)21)8-13(17)10-26-18(22)15-6-5-14(20(23)24)9-16(15)19/h4-9H,3,10H2,1-2H3. The van der Waals surface area contributed by atoms with Gasteiger partial charge in [0.25, 0.3) is 5.69 Å². The highest BCUT2D eigenvalue weighted by atomic mass is 35.5. The number of nitro benzene ring substituents is 1. The van der Waals surface area contributed by atoms with E-state index in [-0.39, 0.29) is 28.7 Å². The Kier molecular flexibility index (Phi) is 6.30. The predicted octanol–water partition coefficient (Wildman–Crippen LogP) is 4.21. The molecular weight excluding hydrogens is 362 g/mol. The van der Waals surface area contributed by atoms with Crippen molar-refractivity contribution in [2.75, 3.05) is 6.61 Å². The number of rotatable bonds is 7. The first-order valence-electron chi connectivity index (χ1n) is 7.71. The van der Waals surface area contributed by atoms with Crippen molar-refractivity contribution in [1.29, 1.82) is 0 Å². The Balaban J connectivity index is 2.19. The lowest BCUT2D eigenvalue weighted by atomic mass is 10.1. The summed E-state index contributed by atoms with van der Waals surface area (Å²) in [5.41, 5.74) is 0.788. The van der Waals surface area contributed by atoms with E-state index in [1.54, 1.807) is 18.2 Å². The number of nitro groups is 1. The molecule has 0 bridgehead atoms. The number of Topliss-reactive ketones (excluding diaryl/α,β-unsaturated/α-hetero) is 1. The van der Waals surface area contributed by atoms with Crippen molar-refractivity contribution in [2.24, 2.45) is 0 Å². The van der Waals surface area contributed by atoms with Gasteiger partial charge in [-0.25, -0.2) is 4.79 Å². The summed E-state index contributed by atoms with van der Waals surface area (Å²) in [5.74, 6) is -0.361. The van der Waals surface area contributed by atoms with Gasteiger partial charge in [-0.15, -0.1) is 0 Å². The SMILES string of the molecule is CCOc1ccc(C(C)=O)cc1COC(=O)c1ccc([N+](=O)[O-])cc1Cl. The van der Waals surface area contributed by atoms with E-state index < -0.39 is 10.9 Å². The van der Waals surface area contributed by atoms with E-state index in [0.717, 1.165) is 6.07 Å². The minimum Gasteiger partial charge on any atom is -0.493 e. The van der Waals surface area contributed by atoms with Crippen molar-refractivity contribution in [3.8, 4) is 5.75 Å². The molecule has 2 rings (SSSR count). The van der Waals surface area contributed by atoms with Crippen LogP contribution in [-0.2, 0) is 11.3 Å². The van der Waals surface area contributed by atoms with Gasteiger partial charge in [0, 0.05) is 23.3 Å². The second kappa shape index (κ2) is 8.44. The molecule has 0 radical (unpaired) electrons. The summed E-state index contributed by atoms with van der Waals surface area (Å²) in [7, 11) is 0. The van der Waals surface area contributed by atoms with E-state index in [1.165, 1.54) is 19.1 Å². The number of carbonyl (C=O) groups is 2. The molecule has 7 nitrogen and oxygen atoms in total. The molecule has 0 unspecified atom stereocenters. The summed E-state index contributed by atoms with van der Waals surface area (Å²) in [6, 6.07) is 8.36. The van der Waals surface area contributed by atoms with Gasteiger partial charge in [-0.2, -0.15) is 0 Å². The summed E-state index contributed by atoms with van der Waals surface area (Å²) in [4.78, 5) is 33.9. The van der Waals surface area contributed by atoms with E-state index in [9.17, 15) is 19.7 Å². The van der Waals surface area contributed by atoms with Crippen LogP contribution in [0.3, 0.4) is 0 Å². The first-order valence-corrected chi connectivity index (χ1v) is 8.09. The lowest BCUT2D eigenvalue weighted by Crippen LogP contribution is -2.08. The molecule has 2 aromatic rings. The minimum atomic E-state index is -0.736. The van der Waals surface area contributed by atoms with Crippen molar-refractivity contribution in [1.82, 2.24) is 0 Å². The lowest BCUT2D eigenvalue weighted by Gasteiger charge is -2.12. The molecule has 0 amide bonds. The van der Waals surface area contributed by atoms with E-state index >= 15 is 0 Å². The van der Waals surface area contributed by atoms with Crippen LogP contribution in [0, 0.1) is 10.1 Å². The maximum Gasteiger partial charge on any atom is 0.339 e. The molecule has 2 aromatic carbocycles. The number of esters is 1. The number of ether oxygens (including phenoxy) is 2. The average Bonchev–Trinajstić information content (AvgIpc) is 2.60. The molecule has 0 saturated carbocycles. The monoisotopic (exact) mass is 377 g/mol. The average molecular weight is 378 g/mol. The van der Waals surface area contributed by atoms with E-state index in [1.807, 2.05) is 6.92 Å². The molecule has 26 heavy (non-hydrogen) atoms. The van der Waals surface area contributed by atoms with E-state index in [4.69, 9.17) is 21.1 Å². The largest absolute Gasteiger partial charge is 0.493 e. The van der Waals surface area contributed by atoms with Gasteiger partial charge in [-0.3, -0.25) is 14.9 Å². The predicted molar refractivity (Wildman–Crippen MR) is 94.8 cm³/mol. The van der Waals surface area contributed by atoms with Crippen LogP contribution in [0.5, 0.6) is 5.75 Å². The summed E-state index contributed by atoms with van der Waals surface area (Å²) < 4.78 is 10.7. The Morgan fingerprint density at radius 3 is 2.50 bits per heavy atom. The van der Waals surface area contributed by atoms with Crippen LogP contribution in [0.25, 0.3) is 0 Å². The van der Waals surface area contributed by atoms with Crippen LogP contribution in [0.15, 0.2) is 36.4 Å². The zero-order valence-corrected chi connectivity index (χ0v) is 14.9. The third kappa shape index (κ3) is 4.58. The van der Waals surface area contributed by atoms with Crippen molar-refractivity contribution in [3.05, 3.63) is 68.2 Å². The molecule has 8 heteroatoms. The zero-order valence-electron chi connectivity index (χ0n) is 14.2. The summed E-state index contributed by atoms with van der Waals surface area (Å²) >= 11 is 5.92. The Morgan fingerprint density at radius 1 is 1.19 bits per heavy atom. The van der Waals surface area contributed by atoms with Crippen LogP contribution in [0.2, 0.25) is 5.02 Å². The first-order chi connectivity index (χ1) is 12.3. The summed E-state index contributed by atoms with van der Waals surface area (Å²) in [6.45, 7) is 3.52. The molecule has 0 aromatic heterocycles. The fourth-order valence-electron chi connectivity index (χ4n) is 2.21. The molecule has 0 fully saturated rings. The second-order valence-electron chi connectivity index (χ2n) is 5.31. The Labute approximate surface area is 154 Å². The maximum atomic E-state index is 12.2. The highest BCUT2D eigenvalue weighted by molar-refractivity contribution is 6.33. The highest BCUT2D eigenvalue weighted by Crippen LogP contribution is 2.25. The smallest absolute Gasteiger partial charge is 0.339 e. The molecule has 0 saturated heterocycles. The molecule has 136 valence electrons. The van der Waals surface area contributed by atoms with Crippen molar-refractivity contribution < 1.29 is 24.0 Å². The van der Waals surface area contributed by atoms with Gasteiger partial charge in [0.2, 0.25) is 0 Å². The number of ketones is 1. The van der Waals surface area contributed by atoms with Gasteiger partial charge >= 0.3 is 5.97 Å². The quantitative estimate of drug-likeness (QED) is 0.310. The molecule has 0 heterocycles. The summed E-state index contributed by atoms with van der Waals surface area (Å²) in [6.07, 6.45) is 0. The van der Waals surface area contributed by atoms with Gasteiger partial charge in [-0.05, 0) is 38.1 Å². The topological polar surface area (TPSA) is 95.7 Å².